The molecule has 20 heavy (non-hydrogen) atoms. The summed E-state index contributed by atoms with van der Waals surface area (Å²) in [7, 11) is 0. The lowest BCUT2D eigenvalue weighted by atomic mass is 10.1. The summed E-state index contributed by atoms with van der Waals surface area (Å²) in [5.41, 5.74) is -0.115. The molecule has 2 aromatic rings. The van der Waals surface area contributed by atoms with E-state index in [0.717, 1.165) is 21.1 Å². The van der Waals surface area contributed by atoms with E-state index in [-0.39, 0.29) is 6.54 Å². The van der Waals surface area contributed by atoms with E-state index in [0.29, 0.717) is 11.4 Å². The first-order valence-corrected chi connectivity index (χ1v) is 7.16. The van der Waals surface area contributed by atoms with Crippen molar-refractivity contribution in [3.05, 3.63) is 56.6 Å². The van der Waals surface area contributed by atoms with Crippen molar-refractivity contribution in [3.8, 4) is 0 Å². The van der Waals surface area contributed by atoms with Crippen molar-refractivity contribution in [2.75, 3.05) is 5.32 Å². The third kappa shape index (κ3) is 3.96. The first kappa shape index (κ1) is 15.3. The number of hydrogen-bond donors (Lipinski definition) is 1. The molecule has 0 fully saturated rings. The molecule has 0 aliphatic carbocycles. The Morgan fingerprint density at radius 1 is 1.15 bits per heavy atom. The van der Waals surface area contributed by atoms with Crippen LogP contribution < -0.4 is 5.32 Å². The van der Waals surface area contributed by atoms with Crippen LogP contribution in [-0.2, 0) is 12.7 Å². The highest BCUT2D eigenvalue weighted by molar-refractivity contribution is 9.11. The van der Waals surface area contributed by atoms with Gasteiger partial charge in [0, 0.05) is 17.2 Å². The maximum atomic E-state index is 12.6. The lowest BCUT2D eigenvalue weighted by Crippen LogP contribution is -2.07. The van der Waals surface area contributed by atoms with Gasteiger partial charge in [0.1, 0.15) is 5.82 Å². The molecule has 1 aromatic heterocycles. The number of alkyl halides is 3. The minimum atomic E-state index is -4.33. The van der Waals surface area contributed by atoms with E-state index in [9.17, 15) is 13.2 Å². The molecule has 0 amide bonds. The van der Waals surface area contributed by atoms with Crippen molar-refractivity contribution >= 4 is 37.7 Å². The molecular formula is C13H9Br2F3N2. The molecule has 106 valence electrons. The molecule has 0 saturated carbocycles. The summed E-state index contributed by atoms with van der Waals surface area (Å²) in [6, 6.07) is 7.01. The average Bonchev–Trinajstić information content (AvgIpc) is 2.37. The van der Waals surface area contributed by atoms with Gasteiger partial charge >= 0.3 is 6.18 Å². The van der Waals surface area contributed by atoms with Crippen LogP contribution in [0.25, 0.3) is 0 Å². The van der Waals surface area contributed by atoms with Crippen LogP contribution in [0.5, 0.6) is 0 Å². The van der Waals surface area contributed by atoms with E-state index < -0.39 is 11.7 Å². The summed E-state index contributed by atoms with van der Waals surface area (Å²) in [6.45, 7) is 0.261. The molecule has 0 saturated heterocycles. The van der Waals surface area contributed by atoms with Crippen LogP contribution in [0.1, 0.15) is 11.1 Å². The summed E-state index contributed by atoms with van der Waals surface area (Å²) < 4.78 is 39.3. The smallest absolute Gasteiger partial charge is 0.365 e. The summed E-state index contributed by atoms with van der Waals surface area (Å²) in [5.74, 6) is 0.575. The number of benzene rings is 1. The highest BCUT2D eigenvalue weighted by atomic mass is 79.9. The molecule has 1 N–H and O–H groups in total. The molecule has 1 aromatic carbocycles. The van der Waals surface area contributed by atoms with E-state index >= 15 is 0 Å². The number of nitrogens with one attached hydrogen (secondary N) is 1. The van der Waals surface area contributed by atoms with Crippen LogP contribution in [-0.4, -0.2) is 4.98 Å². The largest absolute Gasteiger partial charge is 0.416 e. The Hall–Kier alpha value is -1.08. The summed E-state index contributed by atoms with van der Waals surface area (Å²) >= 11 is 6.61. The molecule has 2 rings (SSSR count). The molecule has 0 spiro atoms. The fourth-order valence-electron chi connectivity index (χ4n) is 1.59. The summed E-state index contributed by atoms with van der Waals surface area (Å²) in [4.78, 5) is 4.14. The number of anilines is 1. The van der Waals surface area contributed by atoms with Crippen molar-refractivity contribution in [1.82, 2.24) is 4.98 Å². The van der Waals surface area contributed by atoms with E-state index in [1.165, 1.54) is 6.07 Å². The minimum absolute atomic E-state index is 0.261. The Bertz CT molecular complexity index is 615. The zero-order chi connectivity index (χ0) is 14.8. The van der Waals surface area contributed by atoms with E-state index in [2.05, 4.69) is 42.2 Å². The van der Waals surface area contributed by atoms with Gasteiger partial charge in [-0.3, -0.25) is 0 Å². The van der Waals surface area contributed by atoms with Crippen molar-refractivity contribution in [2.24, 2.45) is 0 Å². The normalized spacial score (nSPS) is 11.4. The monoisotopic (exact) mass is 408 g/mol. The predicted molar refractivity (Wildman–Crippen MR) is 78.4 cm³/mol. The topological polar surface area (TPSA) is 24.9 Å². The maximum Gasteiger partial charge on any atom is 0.416 e. The van der Waals surface area contributed by atoms with Gasteiger partial charge < -0.3 is 5.32 Å². The second kappa shape index (κ2) is 6.13. The van der Waals surface area contributed by atoms with Crippen molar-refractivity contribution in [2.45, 2.75) is 12.7 Å². The van der Waals surface area contributed by atoms with Gasteiger partial charge in [0.15, 0.2) is 0 Å². The molecule has 0 radical (unpaired) electrons. The van der Waals surface area contributed by atoms with Crippen LogP contribution in [0, 0.1) is 0 Å². The Balaban J connectivity index is 2.11. The number of halogens is 5. The number of nitrogens with zero attached hydrogens (tertiary/aromatic N) is 1. The minimum Gasteiger partial charge on any atom is -0.365 e. The van der Waals surface area contributed by atoms with E-state index in [1.54, 1.807) is 12.3 Å². The van der Waals surface area contributed by atoms with Crippen LogP contribution in [0.4, 0.5) is 19.0 Å². The Morgan fingerprint density at radius 3 is 2.55 bits per heavy atom. The second-order valence-electron chi connectivity index (χ2n) is 4.04. The summed E-state index contributed by atoms with van der Waals surface area (Å²) in [6.07, 6.45) is -2.72. The van der Waals surface area contributed by atoms with Gasteiger partial charge in [0.2, 0.25) is 0 Å². The van der Waals surface area contributed by atoms with Crippen LogP contribution >= 0.6 is 31.9 Å². The lowest BCUT2D eigenvalue weighted by molar-refractivity contribution is -0.137. The van der Waals surface area contributed by atoms with Gasteiger partial charge in [-0.1, -0.05) is 12.1 Å². The first-order valence-electron chi connectivity index (χ1n) is 5.57. The zero-order valence-corrected chi connectivity index (χ0v) is 13.2. The molecular weight excluding hydrogens is 401 g/mol. The third-order valence-corrected chi connectivity index (χ3v) is 3.56. The van der Waals surface area contributed by atoms with Gasteiger partial charge in [-0.05, 0) is 55.6 Å². The predicted octanol–water partition coefficient (Wildman–Crippen LogP) is 5.24. The van der Waals surface area contributed by atoms with Crippen LogP contribution in [0.2, 0.25) is 0 Å². The van der Waals surface area contributed by atoms with Crippen molar-refractivity contribution in [3.63, 3.8) is 0 Å². The Kier molecular flexibility index (Phi) is 4.70. The Labute approximate surface area is 130 Å². The molecule has 0 atom stereocenters. The number of aromatic nitrogens is 1. The van der Waals surface area contributed by atoms with E-state index in [4.69, 9.17) is 0 Å². The molecule has 1 heterocycles. The van der Waals surface area contributed by atoms with Gasteiger partial charge in [-0.2, -0.15) is 13.2 Å². The fraction of sp³-hybridized carbons (Fsp3) is 0.154. The van der Waals surface area contributed by atoms with Crippen LogP contribution in [0.3, 0.4) is 0 Å². The lowest BCUT2D eigenvalue weighted by Gasteiger charge is -2.10. The van der Waals surface area contributed by atoms with Gasteiger partial charge in [-0.25, -0.2) is 4.98 Å². The SMILES string of the molecule is FC(F)(F)c1cccc(CNc2ncc(Br)cc2Br)c1. The number of hydrogen-bond acceptors (Lipinski definition) is 2. The summed E-state index contributed by atoms with van der Waals surface area (Å²) in [5, 5.41) is 2.99. The number of rotatable bonds is 3. The highest BCUT2D eigenvalue weighted by Crippen LogP contribution is 2.30. The average molecular weight is 410 g/mol. The zero-order valence-electron chi connectivity index (χ0n) is 10.0. The first-order chi connectivity index (χ1) is 9.36. The van der Waals surface area contributed by atoms with Crippen LogP contribution in [0.15, 0.2) is 45.5 Å². The molecule has 0 unspecified atom stereocenters. The standard InChI is InChI=1S/C13H9Br2F3N2/c14-10-5-11(15)12(20-7-10)19-6-8-2-1-3-9(4-8)13(16,17)18/h1-5,7H,6H2,(H,19,20). The quantitative estimate of drug-likeness (QED) is 0.749. The Morgan fingerprint density at radius 2 is 1.90 bits per heavy atom. The molecule has 2 nitrogen and oxygen atoms in total. The van der Waals surface area contributed by atoms with Crippen molar-refractivity contribution < 1.29 is 13.2 Å². The molecule has 0 aliphatic heterocycles. The maximum absolute atomic E-state index is 12.6. The highest BCUT2D eigenvalue weighted by Gasteiger charge is 2.30. The van der Waals surface area contributed by atoms with Crippen molar-refractivity contribution in [1.29, 1.82) is 0 Å². The number of pyridine rings is 1. The van der Waals surface area contributed by atoms with Gasteiger partial charge in [0.25, 0.3) is 0 Å². The molecule has 0 bridgehead atoms. The molecule has 0 aliphatic rings. The molecule has 7 heteroatoms. The van der Waals surface area contributed by atoms with Gasteiger partial charge in [-0.15, -0.1) is 0 Å². The fourth-order valence-corrected chi connectivity index (χ4v) is 2.72. The van der Waals surface area contributed by atoms with Gasteiger partial charge in [0.05, 0.1) is 10.0 Å². The third-order valence-electron chi connectivity index (χ3n) is 2.52. The second-order valence-corrected chi connectivity index (χ2v) is 5.81. The van der Waals surface area contributed by atoms with E-state index in [1.807, 2.05) is 6.07 Å².